The number of benzene rings is 1. The first kappa shape index (κ1) is 12.4. The molecular weight excluding hydrogens is 260 g/mol. The zero-order chi connectivity index (χ0) is 13.4. The van der Waals surface area contributed by atoms with Crippen LogP contribution in [0.3, 0.4) is 0 Å². The van der Waals surface area contributed by atoms with E-state index in [9.17, 15) is 4.79 Å². The third-order valence-electron chi connectivity index (χ3n) is 3.46. The average molecular weight is 276 g/mol. The van der Waals surface area contributed by atoms with Crippen LogP contribution in [0.1, 0.15) is 23.0 Å². The van der Waals surface area contributed by atoms with Crippen molar-refractivity contribution in [1.29, 1.82) is 0 Å². The minimum Gasteiger partial charge on any atom is -0.399 e. The molecule has 3 N–H and O–H groups in total. The second-order valence-electron chi connectivity index (χ2n) is 4.85. The topological polar surface area (TPSA) is 64.3 Å². The van der Waals surface area contributed by atoms with Gasteiger partial charge in [-0.1, -0.05) is 0 Å². The molecule has 1 amide bonds. The van der Waals surface area contributed by atoms with Crippen molar-refractivity contribution in [3.63, 3.8) is 0 Å². The number of carbonyl (C=O) groups is 1. The van der Waals surface area contributed by atoms with E-state index in [1.165, 1.54) is 11.3 Å². The summed E-state index contributed by atoms with van der Waals surface area (Å²) in [5.74, 6) is -0.0258. The Morgan fingerprint density at radius 3 is 3.05 bits per heavy atom. The average Bonchev–Trinajstić information content (AvgIpc) is 2.96. The molecule has 2 heterocycles. The first-order valence-corrected chi connectivity index (χ1v) is 7.16. The Balaban J connectivity index is 1.81. The van der Waals surface area contributed by atoms with E-state index in [0.717, 1.165) is 33.7 Å². The highest BCUT2D eigenvalue weighted by Gasteiger charge is 2.26. The lowest BCUT2D eigenvalue weighted by atomic mass is 10.1. The second-order valence-corrected chi connectivity index (χ2v) is 5.94. The molecule has 1 aromatic heterocycles. The largest absolute Gasteiger partial charge is 0.399 e. The number of fused-ring (bicyclic) bond motifs is 1. The lowest BCUT2D eigenvalue weighted by Gasteiger charge is -2.15. The molecule has 0 aliphatic carbocycles. The number of nitrogens with two attached hydrogens (primary N) is 1. The Bertz CT molecular complexity index is 623. The van der Waals surface area contributed by atoms with Gasteiger partial charge in [0.05, 0.1) is 17.0 Å². The summed E-state index contributed by atoms with van der Waals surface area (Å²) in [4.78, 5) is 12.9. The molecule has 1 aliphatic heterocycles. The van der Waals surface area contributed by atoms with Crippen molar-refractivity contribution in [3.05, 3.63) is 29.1 Å². The molecule has 2 aromatic rings. The standard InChI is InChI=1S/C14H16N2O2S/c1-8-11(4-5-18-8)16-14(17)13-7-9-6-10(15)2-3-12(9)19-13/h2-3,6-8,11H,4-5,15H2,1H3,(H,16,17). The summed E-state index contributed by atoms with van der Waals surface area (Å²) in [6.45, 7) is 2.71. The lowest BCUT2D eigenvalue weighted by molar-refractivity contribution is 0.0870. The third-order valence-corrected chi connectivity index (χ3v) is 4.57. The Kier molecular flexibility index (Phi) is 3.16. The molecule has 1 saturated heterocycles. The molecular formula is C14H16N2O2S. The minimum atomic E-state index is -0.0258. The van der Waals surface area contributed by atoms with Crippen LogP contribution >= 0.6 is 11.3 Å². The van der Waals surface area contributed by atoms with Crippen LogP contribution in [-0.2, 0) is 4.74 Å². The number of rotatable bonds is 2. The minimum absolute atomic E-state index is 0.0258. The van der Waals surface area contributed by atoms with Crippen molar-refractivity contribution < 1.29 is 9.53 Å². The maximum absolute atomic E-state index is 12.2. The SMILES string of the molecule is CC1OCCC1NC(=O)c1cc2cc(N)ccc2s1. The van der Waals surface area contributed by atoms with Crippen LogP contribution in [0, 0.1) is 0 Å². The summed E-state index contributed by atoms with van der Waals surface area (Å²) in [5.41, 5.74) is 6.46. The highest BCUT2D eigenvalue weighted by atomic mass is 32.1. The number of nitrogen functional groups attached to an aromatic ring is 1. The lowest BCUT2D eigenvalue weighted by Crippen LogP contribution is -2.38. The van der Waals surface area contributed by atoms with Crippen LogP contribution < -0.4 is 11.1 Å². The van der Waals surface area contributed by atoms with E-state index in [1.807, 2.05) is 31.2 Å². The Labute approximate surface area is 115 Å². The molecule has 0 radical (unpaired) electrons. The molecule has 3 rings (SSSR count). The van der Waals surface area contributed by atoms with Crippen molar-refractivity contribution in [1.82, 2.24) is 5.32 Å². The van der Waals surface area contributed by atoms with Gasteiger partial charge >= 0.3 is 0 Å². The predicted molar refractivity (Wildman–Crippen MR) is 77.5 cm³/mol. The molecule has 100 valence electrons. The van der Waals surface area contributed by atoms with Crippen LogP contribution in [0.5, 0.6) is 0 Å². The number of hydrogen-bond acceptors (Lipinski definition) is 4. The van der Waals surface area contributed by atoms with Gasteiger partial charge < -0.3 is 15.8 Å². The van der Waals surface area contributed by atoms with Crippen molar-refractivity contribution in [2.45, 2.75) is 25.5 Å². The van der Waals surface area contributed by atoms with Crippen LogP contribution in [0.25, 0.3) is 10.1 Å². The van der Waals surface area contributed by atoms with E-state index in [1.54, 1.807) is 0 Å². The van der Waals surface area contributed by atoms with Crippen molar-refractivity contribution in [3.8, 4) is 0 Å². The quantitative estimate of drug-likeness (QED) is 0.828. The summed E-state index contributed by atoms with van der Waals surface area (Å²) in [6, 6.07) is 7.71. The van der Waals surface area contributed by atoms with Crippen LogP contribution in [0.2, 0.25) is 0 Å². The summed E-state index contributed by atoms with van der Waals surface area (Å²) in [5, 5.41) is 4.06. The number of ether oxygens (including phenoxy) is 1. The van der Waals surface area contributed by atoms with E-state index in [0.29, 0.717) is 0 Å². The van der Waals surface area contributed by atoms with Crippen LogP contribution in [-0.4, -0.2) is 24.7 Å². The Hall–Kier alpha value is -1.59. The maximum Gasteiger partial charge on any atom is 0.261 e. The molecule has 1 aliphatic rings. The van der Waals surface area contributed by atoms with E-state index < -0.39 is 0 Å². The fourth-order valence-corrected chi connectivity index (χ4v) is 3.28. The van der Waals surface area contributed by atoms with Gasteiger partial charge in [-0.2, -0.15) is 0 Å². The molecule has 2 atom stereocenters. The van der Waals surface area contributed by atoms with Gasteiger partial charge in [0.15, 0.2) is 0 Å². The number of carbonyl (C=O) groups excluding carboxylic acids is 1. The zero-order valence-electron chi connectivity index (χ0n) is 10.7. The molecule has 4 nitrogen and oxygen atoms in total. The van der Waals surface area contributed by atoms with Crippen molar-refractivity contribution in [2.24, 2.45) is 0 Å². The number of amides is 1. The molecule has 19 heavy (non-hydrogen) atoms. The van der Waals surface area contributed by atoms with Gasteiger partial charge in [0.25, 0.3) is 5.91 Å². The van der Waals surface area contributed by atoms with Crippen LogP contribution in [0.15, 0.2) is 24.3 Å². The van der Waals surface area contributed by atoms with Gasteiger partial charge in [0, 0.05) is 17.0 Å². The molecule has 2 unspecified atom stereocenters. The summed E-state index contributed by atoms with van der Waals surface area (Å²) >= 11 is 1.49. The summed E-state index contributed by atoms with van der Waals surface area (Å²) in [7, 11) is 0. The molecule has 0 bridgehead atoms. The molecule has 0 saturated carbocycles. The second kappa shape index (κ2) is 4.83. The van der Waals surface area contributed by atoms with E-state index in [4.69, 9.17) is 10.5 Å². The van der Waals surface area contributed by atoms with Gasteiger partial charge in [0.2, 0.25) is 0 Å². The molecule has 1 fully saturated rings. The molecule has 5 heteroatoms. The van der Waals surface area contributed by atoms with E-state index in [-0.39, 0.29) is 18.1 Å². The van der Waals surface area contributed by atoms with Crippen LogP contribution in [0.4, 0.5) is 5.69 Å². The van der Waals surface area contributed by atoms with Gasteiger partial charge in [0.1, 0.15) is 0 Å². The third kappa shape index (κ3) is 2.43. The Morgan fingerprint density at radius 1 is 1.47 bits per heavy atom. The van der Waals surface area contributed by atoms with E-state index in [2.05, 4.69) is 5.32 Å². The number of hydrogen-bond donors (Lipinski definition) is 2. The van der Waals surface area contributed by atoms with Crippen molar-refractivity contribution >= 4 is 33.0 Å². The fraction of sp³-hybridized carbons (Fsp3) is 0.357. The maximum atomic E-state index is 12.2. The normalized spacial score (nSPS) is 22.8. The van der Waals surface area contributed by atoms with Gasteiger partial charge in [-0.15, -0.1) is 11.3 Å². The highest BCUT2D eigenvalue weighted by Crippen LogP contribution is 2.27. The Morgan fingerprint density at radius 2 is 2.32 bits per heavy atom. The number of nitrogens with one attached hydrogen (secondary N) is 1. The van der Waals surface area contributed by atoms with Crippen molar-refractivity contribution in [2.75, 3.05) is 12.3 Å². The van der Waals surface area contributed by atoms with Gasteiger partial charge in [-0.05, 0) is 43.0 Å². The highest BCUT2D eigenvalue weighted by molar-refractivity contribution is 7.20. The van der Waals surface area contributed by atoms with E-state index >= 15 is 0 Å². The zero-order valence-corrected chi connectivity index (χ0v) is 11.5. The summed E-state index contributed by atoms with van der Waals surface area (Å²) < 4.78 is 6.53. The first-order chi connectivity index (χ1) is 9.13. The first-order valence-electron chi connectivity index (χ1n) is 6.35. The number of thiophene rings is 1. The number of anilines is 1. The smallest absolute Gasteiger partial charge is 0.261 e. The van der Waals surface area contributed by atoms with Gasteiger partial charge in [-0.3, -0.25) is 4.79 Å². The monoisotopic (exact) mass is 276 g/mol. The molecule has 0 spiro atoms. The fourth-order valence-electron chi connectivity index (χ4n) is 2.33. The predicted octanol–water partition coefficient (Wildman–Crippen LogP) is 2.39. The van der Waals surface area contributed by atoms with Gasteiger partial charge in [-0.25, -0.2) is 0 Å². The summed E-state index contributed by atoms with van der Waals surface area (Å²) in [6.07, 6.45) is 0.971. The molecule has 1 aromatic carbocycles.